The van der Waals surface area contributed by atoms with E-state index in [0.717, 1.165) is 41.4 Å². The summed E-state index contributed by atoms with van der Waals surface area (Å²) in [5.74, 6) is -0.108. The molecule has 0 fully saturated rings. The minimum atomic E-state index is -4.09. The summed E-state index contributed by atoms with van der Waals surface area (Å²) in [7, 11) is -2.21. The van der Waals surface area contributed by atoms with Crippen molar-refractivity contribution in [2.24, 2.45) is 7.05 Å². The van der Waals surface area contributed by atoms with Crippen molar-refractivity contribution in [2.45, 2.75) is 63.4 Å². The molecule has 7 nitrogen and oxygen atoms in total. The highest BCUT2D eigenvalue weighted by Gasteiger charge is 2.29. The van der Waals surface area contributed by atoms with Gasteiger partial charge in [-0.2, -0.15) is 0 Å². The topological polar surface area (TPSA) is 84.3 Å². The molecule has 1 aliphatic rings. The molecule has 0 spiro atoms. The first-order valence-electron chi connectivity index (χ1n) is 13.4. The van der Waals surface area contributed by atoms with Crippen LogP contribution < -0.4 is 9.62 Å². The fourth-order valence-corrected chi connectivity index (χ4v) is 6.60. The Kier molecular flexibility index (Phi) is 9.40. The number of amides is 1. The maximum Gasteiger partial charge on any atom is 0.244 e. The van der Waals surface area contributed by atoms with Gasteiger partial charge in [-0.1, -0.05) is 62.9 Å². The smallest absolute Gasteiger partial charge is 0.244 e. The standard InChI is InChI=1S/C31H33FN4O3S.CH4/c1-22(23-9-4-3-5-10-23)19-31(37)36(21-30-33-17-18-35(30)2)25-16-15-24-11-8-13-28(26(24)20-25)34-40(38,39)29-14-7-6-12-27(29)32;/h3-7,9-10,12,14-18,20,22,28,34H,8,11,13,19,21H2,1-2H3;1H4/t22-,28+;/m1./s1. The van der Waals surface area contributed by atoms with E-state index in [0.29, 0.717) is 18.5 Å². The van der Waals surface area contributed by atoms with Crippen molar-refractivity contribution in [3.05, 3.63) is 114 Å². The lowest BCUT2D eigenvalue weighted by Gasteiger charge is -2.30. The zero-order valence-corrected chi connectivity index (χ0v) is 23.4. The van der Waals surface area contributed by atoms with Crippen LogP contribution in [0.4, 0.5) is 10.1 Å². The third kappa shape index (κ3) is 6.74. The molecule has 1 amide bonds. The number of carbonyl (C=O) groups excluding carboxylic acids is 1. The number of rotatable bonds is 9. The predicted molar refractivity (Wildman–Crippen MR) is 159 cm³/mol. The van der Waals surface area contributed by atoms with Gasteiger partial charge < -0.3 is 9.47 Å². The van der Waals surface area contributed by atoms with E-state index in [1.165, 1.54) is 18.2 Å². The SMILES string of the molecule is C.C[C@H](CC(=O)N(Cc1nccn1C)c1ccc2c(c1)[C@@H](NS(=O)(=O)c1ccccc1F)CCC2)c1ccccc1. The van der Waals surface area contributed by atoms with Gasteiger partial charge in [0.15, 0.2) is 0 Å². The van der Waals surface area contributed by atoms with Gasteiger partial charge in [0.25, 0.3) is 0 Å². The molecule has 0 saturated carbocycles. The highest BCUT2D eigenvalue weighted by molar-refractivity contribution is 7.89. The zero-order valence-electron chi connectivity index (χ0n) is 22.6. The van der Waals surface area contributed by atoms with E-state index in [1.54, 1.807) is 11.1 Å². The number of imidazole rings is 1. The van der Waals surface area contributed by atoms with Gasteiger partial charge in [0.2, 0.25) is 15.9 Å². The fourth-order valence-electron chi connectivity index (χ4n) is 5.28. The molecule has 0 bridgehead atoms. The molecule has 5 rings (SSSR count). The largest absolute Gasteiger partial charge is 0.337 e. The number of halogens is 1. The maximum atomic E-state index is 14.4. The minimum absolute atomic E-state index is 0. The van der Waals surface area contributed by atoms with Crippen LogP contribution in [0.15, 0.2) is 90.1 Å². The molecule has 0 radical (unpaired) electrons. The Bertz CT molecular complexity index is 1600. The number of aromatic nitrogens is 2. The van der Waals surface area contributed by atoms with Crippen LogP contribution in [0, 0.1) is 5.82 Å². The summed E-state index contributed by atoms with van der Waals surface area (Å²) in [5.41, 5.74) is 3.57. The normalized spacial score (nSPS) is 15.4. The Labute approximate surface area is 242 Å². The Morgan fingerprint density at radius 3 is 2.56 bits per heavy atom. The number of anilines is 1. The van der Waals surface area contributed by atoms with Gasteiger partial charge in [-0.15, -0.1) is 0 Å². The second kappa shape index (κ2) is 12.8. The molecule has 9 heteroatoms. The highest BCUT2D eigenvalue weighted by atomic mass is 32.2. The number of fused-ring (bicyclic) bond motifs is 1. The van der Waals surface area contributed by atoms with E-state index >= 15 is 0 Å². The van der Waals surface area contributed by atoms with Crippen LogP contribution in [0.1, 0.15) is 68.1 Å². The first-order chi connectivity index (χ1) is 19.2. The van der Waals surface area contributed by atoms with E-state index in [1.807, 2.05) is 73.3 Å². The molecule has 3 aromatic carbocycles. The lowest BCUT2D eigenvalue weighted by atomic mass is 9.87. The molecule has 2 atom stereocenters. The van der Waals surface area contributed by atoms with Crippen molar-refractivity contribution in [1.82, 2.24) is 14.3 Å². The number of hydrogen-bond donors (Lipinski definition) is 1. The number of aryl methyl sites for hydroxylation is 2. The molecule has 41 heavy (non-hydrogen) atoms. The van der Waals surface area contributed by atoms with E-state index in [-0.39, 0.29) is 30.7 Å². The number of benzene rings is 3. The molecule has 216 valence electrons. The van der Waals surface area contributed by atoms with Crippen molar-refractivity contribution in [3.8, 4) is 0 Å². The Morgan fingerprint density at radius 2 is 1.85 bits per heavy atom. The lowest BCUT2D eigenvalue weighted by Crippen LogP contribution is -2.34. The van der Waals surface area contributed by atoms with Gasteiger partial charge in [0.1, 0.15) is 16.5 Å². The van der Waals surface area contributed by atoms with Crippen molar-refractivity contribution < 1.29 is 17.6 Å². The van der Waals surface area contributed by atoms with Gasteiger partial charge in [0.05, 0.1) is 6.54 Å². The predicted octanol–water partition coefficient (Wildman–Crippen LogP) is 6.28. The third-order valence-corrected chi connectivity index (χ3v) is 9.05. The van der Waals surface area contributed by atoms with Gasteiger partial charge in [-0.3, -0.25) is 4.79 Å². The molecule has 1 N–H and O–H groups in total. The first kappa shape index (κ1) is 30.1. The Hall–Kier alpha value is -3.82. The second-order valence-corrected chi connectivity index (χ2v) is 12.0. The van der Waals surface area contributed by atoms with E-state index in [2.05, 4.69) is 9.71 Å². The molecule has 1 aliphatic carbocycles. The van der Waals surface area contributed by atoms with Gasteiger partial charge in [-0.05, 0) is 66.1 Å². The Balaban J connectivity index is 0.00000387. The van der Waals surface area contributed by atoms with Crippen LogP contribution >= 0.6 is 0 Å². The average molecular weight is 577 g/mol. The van der Waals surface area contributed by atoms with Gasteiger partial charge >= 0.3 is 0 Å². The Morgan fingerprint density at radius 1 is 1.12 bits per heavy atom. The summed E-state index contributed by atoms with van der Waals surface area (Å²) in [6, 6.07) is 20.5. The maximum absolute atomic E-state index is 14.4. The van der Waals surface area contributed by atoms with Gasteiger partial charge in [-0.25, -0.2) is 22.5 Å². The minimum Gasteiger partial charge on any atom is -0.337 e. The number of nitrogens with zero attached hydrogens (tertiary/aromatic N) is 3. The van der Waals surface area contributed by atoms with Crippen LogP contribution in [-0.4, -0.2) is 23.9 Å². The lowest BCUT2D eigenvalue weighted by molar-refractivity contribution is -0.119. The summed E-state index contributed by atoms with van der Waals surface area (Å²) in [6.45, 7) is 2.31. The molecule has 4 aromatic rings. The van der Waals surface area contributed by atoms with Crippen molar-refractivity contribution in [2.75, 3.05) is 4.90 Å². The summed E-state index contributed by atoms with van der Waals surface area (Å²) in [5, 5.41) is 0. The third-order valence-electron chi connectivity index (χ3n) is 7.55. The average Bonchev–Trinajstić information content (AvgIpc) is 3.36. The molecule has 1 aromatic heterocycles. The monoisotopic (exact) mass is 576 g/mol. The van der Waals surface area contributed by atoms with Crippen LogP contribution in [0.5, 0.6) is 0 Å². The molecule has 0 aliphatic heterocycles. The number of carbonyl (C=O) groups is 1. The molecular weight excluding hydrogens is 539 g/mol. The fraction of sp³-hybridized carbons (Fsp3) is 0.312. The molecular formula is C32H37FN4O3S. The van der Waals surface area contributed by atoms with Crippen molar-refractivity contribution >= 4 is 21.6 Å². The number of nitrogens with one attached hydrogen (secondary N) is 1. The van der Waals surface area contributed by atoms with E-state index < -0.39 is 21.9 Å². The number of hydrogen-bond acceptors (Lipinski definition) is 4. The molecule has 1 heterocycles. The number of sulfonamides is 1. The van der Waals surface area contributed by atoms with Gasteiger partial charge in [0, 0.05) is 37.6 Å². The summed E-state index contributed by atoms with van der Waals surface area (Å²) >= 11 is 0. The summed E-state index contributed by atoms with van der Waals surface area (Å²) in [6.07, 6.45) is 6.00. The highest BCUT2D eigenvalue weighted by Crippen LogP contribution is 2.35. The van der Waals surface area contributed by atoms with E-state index in [9.17, 15) is 17.6 Å². The zero-order chi connectivity index (χ0) is 28.3. The summed E-state index contributed by atoms with van der Waals surface area (Å²) in [4.78, 5) is 19.6. The second-order valence-electron chi connectivity index (χ2n) is 10.3. The van der Waals surface area contributed by atoms with Crippen LogP contribution in [-0.2, 0) is 34.8 Å². The van der Waals surface area contributed by atoms with Crippen molar-refractivity contribution in [3.63, 3.8) is 0 Å². The van der Waals surface area contributed by atoms with Crippen LogP contribution in [0.2, 0.25) is 0 Å². The quantitative estimate of drug-likeness (QED) is 0.254. The molecule has 0 unspecified atom stereocenters. The van der Waals surface area contributed by atoms with Crippen LogP contribution in [0.25, 0.3) is 0 Å². The summed E-state index contributed by atoms with van der Waals surface area (Å²) < 4.78 is 45.2. The van der Waals surface area contributed by atoms with Crippen LogP contribution in [0.3, 0.4) is 0 Å². The van der Waals surface area contributed by atoms with E-state index in [4.69, 9.17) is 0 Å². The first-order valence-corrected chi connectivity index (χ1v) is 14.9. The van der Waals surface area contributed by atoms with Crippen molar-refractivity contribution in [1.29, 1.82) is 0 Å². The molecule has 0 saturated heterocycles.